The number of rotatable bonds is 4. The summed E-state index contributed by atoms with van der Waals surface area (Å²) in [6.07, 6.45) is -2.75. The molecule has 0 atom stereocenters. The Labute approximate surface area is 85.8 Å². The van der Waals surface area contributed by atoms with Crippen molar-refractivity contribution in [2.45, 2.75) is 32.5 Å². The molecule has 6 heteroatoms. The van der Waals surface area contributed by atoms with Gasteiger partial charge in [-0.3, -0.25) is 0 Å². The standard InChI is InChI=1S/C9H13F3N2O/c1-3-4-5-14-8(15-2)6-7(13-14)9(10,11)12/h6H,3-5H2,1-2H3. The molecule has 0 aliphatic carbocycles. The fourth-order valence-corrected chi connectivity index (χ4v) is 1.17. The van der Waals surface area contributed by atoms with Gasteiger partial charge in [-0.1, -0.05) is 13.3 Å². The van der Waals surface area contributed by atoms with E-state index >= 15 is 0 Å². The molecular weight excluding hydrogens is 209 g/mol. The third-order valence-corrected chi connectivity index (χ3v) is 1.97. The molecule has 3 nitrogen and oxygen atoms in total. The van der Waals surface area contributed by atoms with Crippen LogP contribution in [0.15, 0.2) is 6.07 Å². The molecule has 0 aliphatic rings. The normalized spacial score (nSPS) is 11.8. The van der Waals surface area contributed by atoms with Crippen molar-refractivity contribution < 1.29 is 17.9 Å². The molecule has 0 aliphatic heterocycles. The highest BCUT2D eigenvalue weighted by atomic mass is 19.4. The van der Waals surface area contributed by atoms with E-state index in [4.69, 9.17) is 4.74 Å². The summed E-state index contributed by atoms with van der Waals surface area (Å²) in [4.78, 5) is 0. The van der Waals surface area contributed by atoms with Gasteiger partial charge >= 0.3 is 6.18 Å². The summed E-state index contributed by atoms with van der Waals surface area (Å²) in [5.74, 6) is 0.149. The summed E-state index contributed by atoms with van der Waals surface area (Å²) in [7, 11) is 1.33. The van der Waals surface area contributed by atoms with Crippen LogP contribution >= 0.6 is 0 Å². The molecule has 0 radical (unpaired) electrons. The molecule has 0 amide bonds. The second-order valence-electron chi connectivity index (χ2n) is 3.15. The van der Waals surface area contributed by atoms with Gasteiger partial charge in [-0.25, -0.2) is 4.68 Å². The van der Waals surface area contributed by atoms with Crippen molar-refractivity contribution in [1.82, 2.24) is 9.78 Å². The molecule has 0 spiro atoms. The van der Waals surface area contributed by atoms with Crippen LogP contribution in [-0.2, 0) is 12.7 Å². The minimum absolute atomic E-state index is 0.149. The Balaban J connectivity index is 2.90. The number of hydrogen-bond donors (Lipinski definition) is 0. The van der Waals surface area contributed by atoms with Crippen molar-refractivity contribution in [1.29, 1.82) is 0 Å². The number of hydrogen-bond acceptors (Lipinski definition) is 2. The quantitative estimate of drug-likeness (QED) is 0.783. The molecule has 0 saturated carbocycles. The largest absolute Gasteiger partial charge is 0.481 e. The Bertz CT molecular complexity index is 320. The van der Waals surface area contributed by atoms with E-state index in [9.17, 15) is 13.2 Å². The van der Waals surface area contributed by atoms with E-state index in [0.29, 0.717) is 6.54 Å². The first-order chi connectivity index (χ1) is 6.99. The molecule has 1 aromatic rings. The van der Waals surface area contributed by atoms with Crippen molar-refractivity contribution in [2.24, 2.45) is 0 Å². The maximum Gasteiger partial charge on any atom is 0.435 e. The van der Waals surface area contributed by atoms with Gasteiger partial charge in [0.05, 0.1) is 7.11 Å². The maximum atomic E-state index is 12.3. The molecule has 0 saturated heterocycles. The smallest absolute Gasteiger partial charge is 0.435 e. The highest BCUT2D eigenvalue weighted by molar-refractivity contribution is 5.18. The van der Waals surface area contributed by atoms with E-state index in [-0.39, 0.29) is 5.88 Å². The second kappa shape index (κ2) is 4.55. The highest BCUT2D eigenvalue weighted by Gasteiger charge is 2.35. The van der Waals surface area contributed by atoms with Crippen molar-refractivity contribution >= 4 is 0 Å². The fraction of sp³-hybridized carbons (Fsp3) is 0.667. The van der Waals surface area contributed by atoms with Crippen molar-refractivity contribution in [3.05, 3.63) is 11.8 Å². The van der Waals surface area contributed by atoms with Gasteiger partial charge in [-0.05, 0) is 6.42 Å². The SMILES string of the molecule is CCCCn1nc(C(F)(F)F)cc1OC. The lowest BCUT2D eigenvalue weighted by Crippen LogP contribution is -2.08. The molecule has 0 bridgehead atoms. The van der Waals surface area contributed by atoms with E-state index in [1.807, 2.05) is 6.92 Å². The van der Waals surface area contributed by atoms with E-state index in [2.05, 4.69) is 5.10 Å². The molecule has 0 fully saturated rings. The third kappa shape index (κ3) is 2.87. The van der Waals surface area contributed by atoms with Crippen molar-refractivity contribution in [3.63, 3.8) is 0 Å². The van der Waals surface area contributed by atoms with Crippen LogP contribution in [0.2, 0.25) is 0 Å². The first-order valence-electron chi connectivity index (χ1n) is 4.68. The predicted octanol–water partition coefficient (Wildman–Crippen LogP) is 2.71. The topological polar surface area (TPSA) is 27.1 Å². The lowest BCUT2D eigenvalue weighted by molar-refractivity contribution is -0.141. The van der Waals surface area contributed by atoms with Crippen LogP contribution in [0.4, 0.5) is 13.2 Å². The average molecular weight is 222 g/mol. The summed E-state index contributed by atoms with van der Waals surface area (Å²) in [5, 5.41) is 3.46. The van der Waals surface area contributed by atoms with Gasteiger partial charge in [0.2, 0.25) is 5.88 Å². The Hall–Kier alpha value is -1.20. The van der Waals surface area contributed by atoms with Crippen LogP contribution in [0.3, 0.4) is 0 Å². The summed E-state index contributed by atoms with van der Waals surface area (Å²) < 4.78 is 43.0. The Morgan fingerprint density at radius 2 is 2.13 bits per heavy atom. The van der Waals surface area contributed by atoms with Gasteiger partial charge < -0.3 is 4.74 Å². The summed E-state index contributed by atoms with van der Waals surface area (Å²) in [5.41, 5.74) is -0.907. The lowest BCUT2D eigenvalue weighted by atomic mass is 10.3. The van der Waals surface area contributed by atoms with E-state index in [1.54, 1.807) is 0 Å². The number of methoxy groups -OCH3 is 1. The number of nitrogens with zero attached hydrogens (tertiary/aromatic N) is 2. The van der Waals surface area contributed by atoms with E-state index in [1.165, 1.54) is 11.8 Å². The minimum atomic E-state index is -4.41. The molecular formula is C9H13F3N2O. The lowest BCUT2D eigenvalue weighted by Gasteiger charge is -2.04. The van der Waals surface area contributed by atoms with Gasteiger partial charge in [-0.15, -0.1) is 0 Å². The van der Waals surface area contributed by atoms with Gasteiger partial charge in [0.1, 0.15) is 0 Å². The molecule has 86 valence electrons. The zero-order chi connectivity index (χ0) is 11.5. The summed E-state index contributed by atoms with van der Waals surface area (Å²) in [6, 6.07) is 0.912. The van der Waals surface area contributed by atoms with Crippen LogP contribution < -0.4 is 4.74 Å². The van der Waals surface area contributed by atoms with E-state index in [0.717, 1.165) is 18.9 Å². The van der Waals surface area contributed by atoms with Crippen molar-refractivity contribution in [2.75, 3.05) is 7.11 Å². The first kappa shape index (κ1) is 11.9. The van der Waals surface area contributed by atoms with Crippen LogP contribution in [0.25, 0.3) is 0 Å². The number of aryl methyl sites for hydroxylation is 1. The molecule has 1 rings (SSSR count). The van der Waals surface area contributed by atoms with Gasteiger partial charge in [0.15, 0.2) is 5.69 Å². The molecule has 0 N–H and O–H groups in total. The number of unbranched alkanes of at least 4 members (excludes halogenated alkanes) is 1. The maximum absolute atomic E-state index is 12.3. The van der Waals surface area contributed by atoms with Gasteiger partial charge in [0.25, 0.3) is 0 Å². The zero-order valence-electron chi connectivity index (χ0n) is 8.64. The van der Waals surface area contributed by atoms with Gasteiger partial charge in [0, 0.05) is 12.6 Å². The number of aromatic nitrogens is 2. The molecule has 1 aromatic heterocycles. The number of alkyl halides is 3. The summed E-state index contributed by atoms with van der Waals surface area (Å²) in [6.45, 7) is 2.40. The van der Waals surface area contributed by atoms with Crippen LogP contribution in [0.5, 0.6) is 5.88 Å². The molecule has 15 heavy (non-hydrogen) atoms. The van der Waals surface area contributed by atoms with Crippen molar-refractivity contribution in [3.8, 4) is 5.88 Å². The summed E-state index contributed by atoms with van der Waals surface area (Å²) >= 11 is 0. The Kier molecular flexibility index (Phi) is 3.60. The predicted molar refractivity (Wildman–Crippen MR) is 48.7 cm³/mol. The highest BCUT2D eigenvalue weighted by Crippen LogP contribution is 2.30. The van der Waals surface area contributed by atoms with Crippen LogP contribution in [-0.4, -0.2) is 16.9 Å². The van der Waals surface area contributed by atoms with Gasteiger partial charge in [-0.2, -0.15) is 18.3 Å². The van der Waals surface area contributed by atoms with Crippen LogP contribution in [0, 0.1) is 0 Å². The molecule has 1 heterocycles. The van der Waals surface area contributed by atoms with E-state index < -0.39 is 11.9 Å². The minimum Gasteiger partial charge on any atom is -0.481 e. The number of ether oxygens (including phenoxy) is 1. The average Bonchev–Trinajstić information content (AvgIpc) is 2.57. The Morgan fingerprint density at radius 1 is 1.47 bits per heavy atom. The first-order valence-corrected chi connectivity index (χ1v) is 4.68. The fourth-order valence-electron chi connectivity index (χ4n) is 1.17. The zero-order valence-corrected chi connectivity index (χ0v) is 8.64. The monoisotopic (exact) mass is 222 g/mol. The third-order valence-electron chi connectivity index (χ3n) is 1.97. The number of halogens is 3. The molecule has 0 aromatic carbocycles. The molecule has 0 unspecified atom stereocenters. The second-order valence-corrected chi connectivity index (χ2v) is 3.15. The van der Waals surface area contributed by atoms with Crippen LogP contribution in [0.1, 0.15) is 25.5 Å². The Morgan fingerprint density at radius 3 is 2.60 bits per heavy atom.